The molecule has 1 aromatic heterocycles. The summed E-state index contributed by atoms with van der Waals surface area (Å²) in [5, 5.41) is 9.23. The average Bonchev–Trinajstić information content (AvgIpc) is 2.53. The molecular weight excluding hydrogens is 310 g/mol. The number of nitrogens with zero attached hydrogens (tertiary/aromatic N) is 1. The summed E-state index contributed by atoms with van der Waals surface area (Å²) in [4.78, 5) is 23.5. The molecule has 124 valence electrons. The van der Waals surface area contributed by atoms with Gasteiger partial charge in [-0.1, -0.05) is 0 Å². The topological polar surface area (TPSA) is 77.8 Å². The van der Waals surface area contributed by atoms with E-state index in [-0.39, 0.29) is 11.6 Å². The van der Waals surface area contributed by atoms with Crippen LogP contribution in [0.25, 0.3) is 11.3 Å². The third-order valence-electron chi connectivity index (χ3n) is 5.14. The SMILES string of the molecule is COc1cc2c(cc1OC)C1CCC1n1cc(C(=O)O)c(=O)cc1-2. The van der Waals surface area contributed by atoms with Crippen LogP contribution in [0, 0.1) is 0 Å². The third-order valence-corrected chi connectivity index (χ3v) is 5.14. The second-order valence-electron chi connectivity index (χ2n) is 6.19. The minimum Gasteiger partial charge on any atom is -0.493 e. The number of benzene rings is 1. The minimum atomic E-state index is -1.19. The Bertz CT molecular complexity index is 914. The van der Waals surface area contributed by atoms with Crippen molar-refractivity contribution >= 4 is 5.97 Å². The number of hydrogen-bond acceptors (Lipinski definition) is 4. The number of aromatic carboxylic acids is 1. The zero-order valence-electron chi connectivity index (χ0n) is 13.4. The molecule has 1 aliphatic carbocycles. The monoisotopic (exact) mass is 327 g/mol. The molecule has 2 aromatic rings. The maximum Gasteiger partial charge on any atom is 0.341 e. The van der Waals surface area contributed by atoms with Crippen molar-refractivity contribution in [1.82, 2.24) is 4.57 Å². The number of carboxylic acid groups (broad SMARTS) is 1. The second-order valence-corrected chi connectivity index (χ2v) is 6.19. The highest BCUT2D eigenvalue weighted by Crippen LogP contribution is 2.55. The highest BCUT2D eigenvalue weighted by atomic mass is 16.5. The molecule has 1 aliphatic heterocycles. The van der Waals surface area contributed by atoms with E-state index < -0.39 is 11.4 Å². The van der Waals surface area contributed by atoms with Crippen LogP contribution in [-0.4, -0.2) is 29.9 Å². The van der Waals surface area contributed by atoms with Crippen LogP contribution < -0.4 is 14.9 Å². The van der Waals surface area contributed by atoms with Crippen LogP contribution in [0.2, 0.25) is 0 Å². The molecule has 0 bridgehead atoms. The number of aromatic nitrogens is 1. The van der Waals surface area contributed by atoms with Gasteiger partial charge in [-0.2, -0.15) is 0 Å². The lowest BCUT2D eigenvalue weighted by Gasteiger charge is -2.45. The predicted octanol–water partition coefficient (Wildman–Crippen LogP) is 2.66. The molecule has 0 spiro atoms. The summed E-state index contributed by atoms with van der Waals surface area (Å²) in [7, 11) is 3.17. The quantitative estimate of drug-likeness (QED) is 0.938. The van der Waals surface area contributed by atoms with Gasteiger partial charge < -0.3 is 19.1 Å². The summed E-state index contributed by atoms with van der Waals surface area (Å²) in [5.74, 6) is 0.371. The Labute approximate surface area is 138 Å². The lowest BCUT2D eigenvalue weighted by molar-refractivity contribution is 0.0693. The van der Waals surface area contributed by atoms with Crippen molar-refractivity contribution in [2.75, 3.05) is 14.2 Å². The van der Waals surface area contributed by atoms with Crippen LogP contribution in [0.3, 0.4) is 0 Å². The van der Waals surface area contributed by atoms with E-state index >= 15 is 0 Å². The van der Waals surface area contributed by atoms with Gasteiger partial charge in [0.05, 0.1) is 19.9 Å². The fourth-order valence-corrected chi connectivity index (χ4v) is 3.80. The molecule has 2 unspecified atom stereocenters. The Morgan fingerprint density at radius 2 is 1.88 bits per heavy atom. The molecule has 2 atom stereocenters. The molecule has 0 amide bonds. The number of pyridine rings is 1. The van der Waals surface area contributed by atoms with Gasteiger partial charge in [0.1, 0.15) is 5.56 Å². The van der Waals surface area contributed by atoms with Crippen LogP contribution in [0.15, 0.2) is 29.2 Å². The summed E-state index contributed by atoms with van der Waals surface area (Å²) in [6, 6.07) is 5.45. The molecule has 1 fully saturated rings. The van der Waals surface area contributed by atoms with Gasteiger partial charge in [-0.05, 0) is 30.5 Å². The van der Waals surface area contributed by atoms with Crippen molar-refractivity contribution < 1.29 is 19.4 Å². The number of fused-ring (bicyclic) bond motifs is 6. The number of rotatable bonds is 3. The van der Waals surface area contributed by atoms with Gasteiger partial charge in [0.15, 0.2) is 16.9 Å². The summed E-state index contributed by atoms with van der Waals surface area (Å²) in [6.07, 6.45) is 3.48. The predicted molar refractivity (Wildman–Crippen MR) is 87.2 cm³/mol. The Morgan fingerprint density at radius 1 is 1.17 bits per heavy atom. The number of methoxy groups -OCH3 is 2. The molecule has 2 heterocycles. The highest BCUT2D eigenvalue weighted by molar-refractivity contribution is 5.88. The summed E-state index contributed by atoms with van der Waals surface area (Å²) < 4.78 is 12.7. The van der Waals surface area contributed by atoms with E-state index in [1.54, 1.807) is 14.2 Å². The summed E-state index contributed by atoms with van der Waals surface area (Å²) in [5.41, 5.74) is 2.11. The number of hydrogen-bond donors (Lipinski definition) is 1. The van der Waals surface area contributed by atoms with Gasteiger partial charge in [-0.3, -0.25) is 4.79 Å². The standard InChI is InChI=1S/C18H17NO5/c1-23-16-5-10-9-3-4-13(9)19-8-12(18(21)22)15(20)7-14(19)11(10)6-17(16)24-2/h5-9,13H,3-4H2,1-2H3,(H,21,22). The van der Waals surface area contributed by atoms with Gasteiger partial charge in [0.2, 0.25) is 0 Å². The highest BCUT2D eigenvalue weighted by Gasteiger charge is 2.40. The largest absolute Gasteiger partial charge is 0.493 e. The van der Waals surface area contributed by atoms with Gasteiger partial charge >= 0.3 is 5.97 Å². The van der Waals surface area contributed by atoms with Crippen molar-refractivity contribution in [2.24, 2.45) is 0 Å². The zero-order valence-corrected chi connectivity index (χ0v) is 13.4. The smallest absolute Gasteiger partial charge is 0.341 e. The fourth-order valence-electron chi connectivity index (χ4n) is 3.80. The maximum absolute atomic E-state index is 12.2. The van der Waals surface area contributed by atoms with Gasteiger partial charge in [-0.25, -0.2) is 4.79 Å². The van der Waals surface area contributed by atoms with Crippen molar-refractivity contribution in [1.29, 1.82) is 0 Å². The summed E-state index contributed by atoms with van der Waals surface area (Å²) in [6.45, 7) is 0. The fraction of sp³-hybridized carbons (Fsp3) is 0.333. The van der Waals surface area contributed by atoms with E-state index in [4.69, 9.17) is 9.47 Å². The van der Waals surface area contributed by atoms with Gasteiger partial charge in [0.25, 0.3) is 0 Å². The minimum absolute atomic E-state index is 0.185. The Balaban J connectivity index is 2.00. The first-order chi connectivity index (χ1) is 11.5. The van der Waals surface area contributed by atoms with Crippen LogP contribution in [0.5, 0.6) is 11.5 Å². The molecule has 1 N–H and O–H groups in total. The van der Waals surface area contributed by atoms with Crippen molar-refractivity contribution in [3.63, 3.8) is 0 Å². The number of carbonyl (C=O) groups is 1. The Kier molecular flexibility index (Phi) is 3.16. The van der Waals surface area contributed by atoms with E-state index in [0.717, 1.165) is 29.7 Å². The van der Waals surface area contributed by atoms with Gasteiger partial charge in [-0.15, -0.1) is 0 Å². The lowest BCUT2D eigenvalue weighted by Crippen LogP contribution is -2.34. The lowest BCUT2D eigenvalue weighted by atomic mass is 9.70. The molecule has 1 saturated carbocycles. The summed E-state index contributed by atoms with van der Waals surface area (Å²) >= 11 is 0. The van der Waals surface area contributed by atoms with Crippen LogP contribution >= 0.6 is 0 Å². The first kappa shape index (κ1) is 14.8. The van der Waals surface area contributed by atoms with Crippen molar-refractivity contribution in [2.45, 2.75) is 24.8 Å². The number of ether oxygens (including phenoxy) is 2. The molecule has 0 saturated heterocycles. The van der Waals surface area contributed by atoms with Gasteiger partial charge in [0, 0.05) is 29.8 Å². The zero-order chi connectivity index (χ0) is 17.0. The normalized spacial score (nSPS) is 20.2. The second kappa shape index (κ2) is 5.12. The molecule has 6 nitrogen and oxygen atoms in total. The molecule has 2 aliphatic rings. The molecule has 0 radical (unpaired) electrons. The molecule has 4 rings (SSSR count). The number of carboxylic acids is 1. The Morgan fingerprint density at radius 3 is 2.46 bits per heavy atom. The maximum atomic E-state index is 12.2. The van der Waals surface area contributed by atoms with E-state index in [1.807, 2.05) is 16.7 Å². The molecular formula is C18H17NO5. The van der Waals surface area contributed by atoms with Crippen LogP contribution in [0.4, 0.5) is 0 Å². The Hall–Kier alpha value is -2.76. The molecule has 1 aromatic carbocycles. The van der Waals surface area contributed by atoms with Crippen molar-refractivity contribution in [3.05, 3.63) is 45.7 Å². The van der Waals surface area contributed by atoms with Crippen LogP contribution in [-0.2, 0) is 0 Å². The first-order valence-electron chi connectivity index (χ1n) is 7.81. The van der Waals surface area contributed by atoms with E-state index in [2.05, 4.69) is 0 Å². The molecule has 24 heavy (non-hydrogen) atoms. The average molecular weight is 327 g/mol. The third kappa shape index (κ3) is 1.89. The first-order valence-corrected chi connectivity index (χ1v) is 7.81. The van der Waals surface area contributed by atoms with Crippen molar-refractivity contribution in [3.8, 4) is 22.8 Å². The van der Waals surface area contributed by atoms with E-state index in [1.165, 1.54) is 12.3 Å². The van der Waals surface area contributed by atoms with Crippen LogP contribution in [0.1, 0.15) is 40.7 Å². The molecule has 6 heteroatoms. The van der Waals surface area contributed by atoms with E-state index in [0.29, 0.717) is 17.4 Å². The van der Waals surface area contributed by atoms with E-state index in [9.17, 15) is 14.7 Å².